The lowest BCUT2D eigenvalue weighted by Gasteiger charge is -2.63. The summed E-state index contributed by atoms with van der Waals surface area (Å²) in [5, 5.41) is 44.8. The van der Waals surface area contributed by atoms with Crippen LogP contribution in [0.3, 0.4) is 0 Å². The third-order valence-corrected chi connectivity index (χ3v) is 11.6. The second-order valence-corrected chi connectivity index (χ2v) is 13.5. The Hall–Kier alpha value is -1.71. The number of nitrogens with two attached hydrogens (primary N) is 1. The number of aliphatic hydroxyl groups excluding tert-OH is 3. The fourth-order valence-corrected chi connectivity index (χ4v) is 9.58. The van der Waals surface area contributed by atoms with Crippen molar-refractivity contribution in [3.8, 4) is 0 Å². The van der Waals surface area contributed by atoms with Crippen LogP contribution in [-0.4, -0.2) is 62.6 Å². The SMILES string of the molecule is C[C@H](CCC(=O)N[C@@H](CCC(N)=O)C(=O)O)[C@H]1CC[C@H]2[C@@H]3[C@@H](O)[C@@H](O)[C@@H]4C[C@H](O)CC[C@]4(C)[C@H]3CC[C@]12C. The summed E-state index contributed by atoms with van der Waals surface area (Å²) in [6, 6.07) is -1.13. The van der Waals surface area contributed by atoms with E-state index in [2.05, 4.69) is 26.1 Å². The van der Waals surface area contributed by atoms with E-state index in [-0.39, 0.29) is 53.8 Å². The largest absolute Gasteiger partial charge is 0.480 e. The molecule has 4 fully saturated rings. The van der Waals surface area contributed by atoms with E-state index >= 15 is 0 Å². The third kappa shape index (κ3) is 5.22. The number of fused-ring (bicyclic) bond motifs is 5. The van der Waals surface area contributed by atoms with Gasteiger partial charge < -0.3 is 31.5 Å². The minimum absolute atomic E-state index is 0.0141. The normalized spacial score (nSPS) is 43.7. The summed E-state index contributed by atoms with van der Waals surface area (Å²) in [6.45, 7) is 6.79. The highest BCUT2D eigenvalue weighted by Crippen LogP contribution is 2.68. The summed E-state index contributed by atoms with van der Waals surface area (Å²) in [4.78, 5) is 35.1. The van der Waals surface area contributed by atoms with E-state index in [0.717, 1.165) is 38.5 Å². The van der Waals surface area contributed by atoms with Crippen molar-refractivity contribution in [3.63, 3.8) is 0 Å². The number of amides is 2. The molecule has 0 unspecified atom stereocenters. The number of hydrogen-bond acceptors (Lipinski definition) is 6. The predicted octanol–water partition coefficient (Wildman–Crippen LogP) is 2.20. The number of carboxylic acid groups (broad SMARTS) is 1. The van der Waals surface area contributed by atoms with Crippen molar-refractivity contribution in [2.75, 3.05) is 0 Å². The third-order valence-electron chi connectivity index (χ3n) is 11.6. The molecule has 4 aliphatic rings. The summed E-state index contributed by atoms with van der Waals surface area (Å²) in [5.74, 6) is -0.852. The first-order valence-corrected chi connectivity index (χ1v) is 14.6. The van der Waals surface area contributed by atoms with Crippen molar-refractivity contribution in [3.05, 3.63) is 0 Å². The zero-order valence-corrected chi connectivity index (χ0v) is 23.1. The lowest BCUT2D eigenvalue weighted by Crippen LogP contribution is -2.64. The number of hydrogen-bond donors (Lipinski definition) is 6. The number of rotatable bonds is 9. The highest BCUT2D eigenvalue weighted by atomic mass is 16.4. The molecule has 38 heavy (non-hydrogen) atoms. The fourth-order valence-electron chi connectivity index (χ4n) is 9.58. The van der Waals surface area contributed by atoms with Gasteiger partial charge in [0.2, 0.25) is 11.8 Å². The molecular formula is C29H48N2O7. The van der Waals surface area contributed by atoms with Crippen LogP contribution in [0.1, 0.15) is 91.4 Å². The summed E-state index contributed by atoms with van der Waals surface area (Å²) >= 11 is 0. The van der Waals surface area contributed by atoms with Crippen LogP contribution < -0.4 is 11.1 Å². The average Bonchev–Trinajstić information content (AvgIpc) is 3.21. The second-order valence-electron chi connectivity index (χ2n) is 13.5. The number of carbonyl (C=O) groups is 3. The van der Waals surface area contributed by atoms with Crippen LogP contribution in [-0.2, 0) is 14.4 Å². The van der Waals surface area contributed by atoms with Gasteiger partial charge in [0.15, 0.2) is 0 Å². The minimum atomic E-state index is -1.17. The predicted molar refractivity (Wildman–Crippen MR) is 140 cm³/mol. The van der Waals surface area contributed by atoms with Crippen molar-refractivity contribution in [2.24, 2.45) is 52.1 Å². The molecule has 0 aromatic heterocycles. The highest BCUT2D eigenvalue weighted by molar-refractivity contribution is 5.84. The van der Waals surface area contributed by atoms with Gasteiger partial charge in [-0.15, -0.1) is 0 Å². The maximum Gasteiger partial charge on any atom is 0.326 e. The van der Waals surface area contributed by atoms with Gasteiger partial charge in [-0.2, -0.15) is 0 Å². The molecule has 0 saturated heterocycles. The van der Waals surface area contributed by atoms with Gasteiger partial charge in [0.25, 0.3) is 0 Å². The second kappa shape index (κ2) is 11.0. The van der Waals surface area contributed by atoms with Gasteiger partial charge in [0, 0.05) is 12.8 Å². The van der Waals surface area contributed by atoms with E-state index in [0.29, 0.717) is 30.6 Å². The zero-order chi connectivity index (χ0) is 28.0. The Morgan fingerprint density at radius 2 is 1.55 bits per heavy atom. The first kappa shape index (κ1) is 29.3. The number of carboxylic acids is 1. The molecule has 0 spiro atoms. The van der Waals surface area contributed by atoms with E-state index in [1.165, 1.54) is 0 Å². The van der Waals surface area contributed by atoms with Gasteiger partial charge in [0.1, 0.15) is 6.04 Å². The van der Waals surface area contributed by atoms with Crippen molar-refractivity contribution in [1.82, 2.24) is 5.32 Å². The van der Waals surface area contributed by atoms with E-state index in [1.807, 2.05) is 0 Å². The molecule has 0 radical (unpaired) electrons. The van der Waals surface area contributed by atoms with E-state index in [1.54, 1.807) is 0 Å². The van der Waals surface area contributed by atoms with Crippen LogP contribution in [0.15, 0.2) is 0 Å². The molecule has 12 atom stereocenters. The van der Waals surface area contributed by atoms with Gasteiger partial charge in [0.05, 0.1) is 18.3 Å². The summed E-state index contributed by atoms with van der Waals surface area (Å²) in [6.07, 6.45) is 5.04. The fraction of sp³-hybridized carbons (Fsp3) is 0.897. The molecule has 4 aliphatic carbocycles. The number of primary amides is 1. The van der Waals surface area contributed by atoms with E-state index in [9.17, 15) is 34.8 Å². The van der Waals surface area contributed by atoms with Crippen molar-refractivity contribution in [1.29, 1.82) is 0 Å². The number of nitrogens with one attached hydrogen (secondary N) is 1. The van der Waals surface area contributed by atoms with Gasteiger partial charge in [-0.1, -0.05) is 20.8 Å². The molecule has 7 N–H and O–H groups in total. The Morgan fingerprint density at radius 3 is 2.21 bits per heavy atom. The minimum Gasteiger partial charge on any atom is -0.480 e. The first-order valence-electron chi connectivity index (χ1n) is 14.6. The Labute approximate surface area is 225 Å². The Bertz CT molecular complexity index is 913. The summed E-state index contributed by atoms with van der Waals surface area (Å²) < 4.78 is 0. The maximum atomic E-state index is 12.6. The molecule has 0 aliphatic heterocycles. The Balaban J connectivity index is 1.41. The smallest absolute Gasteiger partial charge is 0.326 e. The van der Waals surface area contributed by atoms with Crippen LogP contribution in [0.5, 0.6) is 0 Å². The average molecular weight is 537 g/mol. The van der Waals surface area contributed by atoms with Gasteiger partial charge >= 0.3 is 5.97 Å². The van der Waals surface area contributed by atoms with Crippen molar-refractivity contribution < 1.29 is 34.8 Å². The van der Waals surface area contributed by atoms with E-state index < -0.39 is 36.2 Å². The van der Waals surface area contributed by atoms with Gasteiger partial charge in [-0.3, -0.25) is 9.59 Å². The van der Waals surface area contributed by atoms with Crippen LogP contribution in [0, 0.1) is 46.3 Å². The van der Waals surface area contributed by atoms with Crippen LogP contribution in [0.2, 0.25) is 0 Å². The number of carbonyl (C=O) groups excluding carboxylic acids is 2. The quantitative estimate of drug-likeness (QED) is 0.262. The molecule has 4 rings (SSSR count). The Morgan fingerprint density at radius 1 is 0.895 bits per heavy atom. The Kier molecular flexibility index (Phi) is 8.51. The molecule has 4 saturated carbocycles. The van der Waals surface area contributed by atoms with E-state index in [4.69, 9.17) is 5.73 Å². The highest BCUT2D eigenvalue weighted by Gasteiger charge is 2.65. The molecule has 216 valence electrons. The van der Waals surface area contributed by atoms with Crippen LogP contribution in [0.4, 0.5) is 0 Å². The molecule has 9 heteroatoms. The molecular weight excluding hydrogens is 488 g/mol. The molecule has 0 aromatic rings. The number of aliphatic carboxylic acids is 1. The molecule has 9 nitrogen and oxygen atoms in total. The van der Waals surface area contributed by atoms with Crippen LogP contribution >= 0.6 is 0 Å². The number of aliphatic hydroxyl groups is 3. The van der Waals surface area contributed by atoms with Gasteiger partial charge in [-0.05, 0) is 104 Å². The summed E-state index contributed by atoms with van der Waals surface area (Å²) in [7, 11) is 0. The van der Waals surface area contributed by atoms with Gasteiger partial charge in [-0.25, -0.2) is 4.79 Å². The molecule has 0 heterocycles. The zero-order valence-electron chi connectivity index (χ0n) is 23.1. The van der Waals surface area contributed by atoms with Crippen molar-refractivity contribution in [2.45, 2.75) is 116 Å². The molecule has 0 aromatic carbocycles. The standard InChI is InChI=1S/C29H48N2O7/c1-15(4-9-23(34)31-21(27(37)38)7-8-22(30)33)17-5-6-18-24-19(11-13-28(17,18)2)29(3)12-10-16(32)14-20(29)25(35)26(24)36/h15-21,24-26,32,35-36H,4-14H2,1-3H3,(H2,30,33)(H,31,34)(H,37,38)/t15-,16-,17-,18+,19+,20+,21+,24+,25+,26-,28-,29-/m1/s1. The lowest BCUT2D eigenvalue weighted by atomic mass is 9.43. The van der Waals surface area contributed by atoms with Crippen molar-refractivity contribution >= 4 is 17.8 Å². The topological polar surface area (TPSA) is 170 Å². The molecule has 0 bridgehead atoms. The first-order chi connectivity index (χ1) is 17.8. The summed E-state index contributed by atoms with van der Waals surface area (Å²) in [5.41, 5.74) is 5.07. The van der Waals surface area contributed by atoms with Crippen LogP contribution in [0.25, 0.3) is 0 Å². The lowest BCUT2D eigenvalue weighted by molar-refractivity contribution is -0.223. The maximum absolute atomic E-state index is 12.6. The monoisotopic (exact) mass is 536 g/mol. The molecule has 2 amide bonds.